The second kappa shape index (κ2) is 19.4. The molecule has 0 N–H and O–H groups in total. The molecule has 0 radical (unpaired) electrons. The highest BCUT2D eigenvalue weighted by Gasteiger charge is 2.60. The Morgan fingerprint density at radius 3 is 1.38 bits per heavy atom. The van der Waals surface area contributed by atoms with Crippen LogP contribution in [0.5, 0.6) is 0 Å². The fraction of sp³-hybridized carbons (Fsp3) is 0.233. The lowest BCUT2D eigenvalue weighted by Crippen LogP contribution is -2.61. The number of para-hydroxylation sites is 2. The van der Waals surface area contributed by atoms with Gasteiger partial charge in [0.05, 0.1) is 33.2 Å². The van der Waals surface area contributed by atoms with Crippen LogP contribution in [0, 0.1) is 0 Å². The van der Waals surface area contributed by atoms with Crippen molar-refractivity contribution in [1.82, 2.24) is 0 Å². The molecule has 0 saturated heterocycles. The maximum Gasteiger partial charge on any atom is 0.252 e. The molecular weight excluding hydrogens is 1130 g/mol. The van der Waals surface area contributed by atoms with Gasteiger partial charge in [-0.15, -0.1) is 0 Å². The Morgan fingerprint density at radius 1 is 0.355 bits per heavy atom. The Labute approximate surface area is 545 Å². The van der Waals surface area contributed by atoms with E-state index in [-0.39, 0.29) is 34.0 Å². The van der Waals surface area contributed by atoms with Crippen molar-refractivity contribution in [1.29, 1.82) is 0 Å². The molecular formula is C86H75BN4O2. The molecule has 2 saturated carbocycles. The minimum Gasteiger partial charge on any atom is -0.456 e. The van der Waals surface area contributed by atoms with Crippen LogP contribution in [0.1, 0.15) is 117 Å². The Morgan fingerprint density at radius 2 is 0.806 bits per heavy atom. The van der Waals surface area contributed by atoms with Gasteiger partial charge in [0, 0.05) is 67.1 Å². The van der Waals surface area contributed by atoms with E-state index in [1.54, 1.807) is 0 Å². The standard InChI is InChI=1S/C86H75BN4O2/c1-82(2,3)58-38-43-68-64(50-58)84(5)45-19-20-46-85(84,6)90(68)59-39-41-66-72(51-59)89(70-31-23-35-78-80(70)62-29-15-17-33-76(62)93-78)74-53-60(91-67-42-37-56(54-24-10-8-11-25-54)48-63(67)83(4)44-18-21-47-86(83,91)7)52-73-81(74)87(66)65-40-36-57(55-26-12-9-13-27-55)49-71(65)88(73)69-30-22-34-77-79(69)61-28-14-16-32-75(61)92-77/h8-17,22-43,48-53H,18-21,44-47H2,1-7H3. The lowest BCUT2D eigenvalue weighted by atomic mass is 9.33. The van der Waals surface area contributed by atoms with Gasteiger partial charge in [0.15, 0.2) is 0 Å². The van der Waals surface area contributed by atoms with Crippen molar-refractivity contribution < 1.29 is 8.83 Å². The fourth-order valence-corrected chi connectivity index (χ4v) is 19.0. The monoisotopic (exact) mass is 1210 g/mol. The predicted octanol–water partition coefficient (Wildman–Crippen LogP) is 21.7. The van der Waals surface area contributed by atoms with Crippen LogP contribution in [0.4, 0.5) is 56.9 Å². The summed E-state index contributed by atoms with van der Waals surface area (Å²) in [5.74, 6) is 0. The second-order valence-corrected chi connectivity index (χ2v) is 29.8. The summed E-state index contributed by atoms with van der Waals surface area (Å²) in [6, 6.07) is 87.8. The largest absolute Gasteiger partial charge is 0.456 e. The van der Waals surface area contributed by atoms with Gasteiger partial charge in [-0.25, -0.2) is 0 Å². The number of fused-ring (bicyclic) bond motifs is 16. The molecule has 4 aliphatic heterocycles. The zero-order valence-electron chi connectivity index (χ0n) is 54.3. The maximum absolute atomic E-state index is 6.94. The van der Waals surface area contributed by atoms with Crippen LogP contribution in [-0.4, -0.2) is 17.8 Å². The Hall–Kier alpha value is -9.72. The van der Waals surface area contributed by atoms with Crippen molar-refractivity contribution in [3.63, 3.8) is 0 Å². The van der Waals surface area contributed by atoms with Crippen LogP contribution in [0.15, 0.2) is 239 Å². The molecule has 6 nitrogen and oxygen atoms in total. The fourth-order valence-electron chi connectivity index (χ4n) is 19.0. The number of hydrogen-bond acceptors (Lipinski definition) is 6. The molecule has 93 heavy (non-hydrogen) atoms. The first-order chi connectivity index (χ1) is 45.2. The lowest BCUT2D eigenvalue weighted by molar-refractivity contribution is 0.195. The quantitative estimate of drug-likeness (QED) is 0.155. The average Bonchev–Trinajstić information content (AvgIpc) is 1.68. The highest BCUT2D eigenvalue weighted by atomic mass is 16.3. The molecule has 454 valence electrons. The first-order valence-electron chi connectivity index (χ1n) is 34.1. The van der Waals surface area contributed by atoms with Crippen molar-refractivity contribution in [2.75, 3.05) is 19.6 Å². The molecule has 4 atom stereocenters. The van der Waals surface area contributed by atoms with E-state index in [2.05, 4.69) is 299 Å². The van der Waals surface area contributed by atoms with E-state index in [4.69, 9.17) is 8.83 Å². The Bertz CT molecular complexity index is 5290. The molecule has 13 aromatic rings. The number of anilines is 10. The summed E-state index contributed by atoms with van der Waals surface area (Å²) < 4.78 is 13.8. The van der Waals surface area contributed by atoms with Gasteiger partial charge in [0.2, 0.25) is 0 Å². The summed E-state index contributed by atoms with van der Waals surface area (Å²) >= 11 is 0. The van der Waals surface area contributed by atoms with E-state index < -0.39 is 0 Å². The van der Waals surface area contributed by atoms with Crippen LogP contribution in [0.3, 0.4) is 0 Å². The van der Waals surface area contributed by atoms with Crippen LogP contribution in [-0.2, 0) is 16.2 Å². The highest BCUT2D eigenvalue weighted by Crippen LogP contribution is 2.65. The molecule has 2 aromatic heterocycles. The minimum atomic E-state index is -0.272. The molecule has 2 aliphatic carbocycles. The summed E-state index contributed by atoms with van der Waals surface area (Å²) in [4.78, 5) is 11.0. The number of nitrogens with zero attached hydrogens (tertiary/aromatic N) is 4. The first-order valence-corrected chi connectivity index (χ1v) is 34.1. The SMILES string of the molecule is CC(C)(C)c1ccc2c(c1)C1(C)CCCCC1(C)N2c1ccc2c(c1)N(c1cccc3oc4ccccc4c13)c1cc(N3c4ccc(-c5ccccc5)cc4C4(C)CCCCC34C)cc3c1B2c1ccc(-c2ccccc2)cc1N3c1cccc2oc3ccccc3c12. The van der Waals surface area contributed by atoms with Gasteiger partial charge < -0.3 is 28.4 Å². The van der Waals surface area contributed by atoms with Gasteiger partial charge in [-0.1, -0.05) is 206 Å². The van der Waals surface area contributed by atoms with Crippen molar-refractivity contribution in [3.05, 3.63) is 247 Å². The first kappa shape index (κ1) is 55.0. The summed E-state index contributed by atoms with van der Waals surface area (Å²) in [5.41, 5.74) is 27.8. The molecule has 6 heterocycles. The molecule has 6 aliphatic rings. The number of furan rings is 2. The summed E-state index contributed by atoms with van der Waals surface area (Å²) in [6.07, 6.45) is 9.20. The van der Waals surface area contributed by atoms with E-state index in [0.717, 1.165) is 98.7 Å². The third-order valence-corrected chi connectivity index (χ3v) is 24.1. The second-order valence-electron chi connectivity index (χ2n) is 29.8. The molecule has 0 amide bonds. The molecule has 4 unspecified atom stereocenters. The summed E-state index contributed by atoms with van der Waals surface area (Å²) in [7, 11) is 0. The molecule has 7 heteroatoms. The van der Waals surface area contributed by atoms with Gasteiger partial charge in [0.1, 0.15) is 22.3 Å². The Kier molecular flexibility index (Phi) is 11.5. The zero-order chi connectivity index (χ0) is 62.5. The van der Waals surface area contributed by atoms with Gasteiger partial charge in [0.25, 0.3) is 6.71 Å². The molecule has 0 spiro atoms. The third kappa shape index (κ3) is 7.48. The van der Waals surface area contributed by atoms with Gasteiger partial charge >= 0.3 is 0 Å². The normalized spacial score (nSPS) is 21.9. The number of rotatable bonds is 6. The van der Waals surface area contributed by atoms with Gasteiger partial charge in [-0.3, -0.25) is 0 Å². The zero-order valence-corrected chi connectivity index (χ0v) is 54.3. The lowest BCUT2D eigenvalue weighted by Gasteiger charge is -2.51. The van der Waals surface area contributed by atoms with Gasteiger partial charge in [-0.05, 0) is 185 Å². The Balaban J connectivity index is 0.949. The van der Waals surface area contributed by atoms with Crippen molar-refractivity contribution in [2.45, 2.75) is 127 Å². The van der Waals surface area contributed by atoms with Crippen molar-refractivity contribution in [3.8, 4) is 22.3 Å². The molecule has 11 aromatic carbocycles. The van der Waals surface area contributed by atoms with Crippen LogP contribution in [0.2, 0.25) is 0 Å². The molecule has 19 rings (SSSR count). The maximum atomic E-state index is 6.94. The topological polar surface area (TPSA) is 39.2 Å². The van der Waals surface area contributed by atoms with E-state index >= 15 is 0 Å². The van der Waals surface area contributed by atoms with Crippen molar-refractivity contribution in [2.24, 2.45) is 0 Å². The smallest absolute Gasteiger partial charge is 0.252 e. The molecule has 2 fully saturated rings. The molecule has 0 bridgehead atoms. The number of benzene rings is 11. The van der Waals surface area contributed by atoms with Crippen molar-refractivity contribution >= 4 is 124 Å². The minimum absolute atomic E-state index is 0.0153. The van der Waals surface area contributed by atoms with E-state index in [9.17, 15) is 0 Å². The summed E-state index contributed by atoms with van der Waals surface area (Å²) in [6.45, 7) is 17.3. The van der Waals surface area contributed by atoms with Gasteiger partial charge in [-0.2, -0.15) is 0 Å². The number of hydrogen-bond donors (Lipinski definition) is 0. The van der Waals surface area contributed by atoms with E-state index in [1.807, 2.05) is 0 Å². The highest BCUT2D eigenvalue weighted by molar-refractivity contribution is 7.00. The van der Waals surface area contributed by atoms with E-state index in [0.29, 0.717) is 0 Å². The van der Waals surface area contributed by atoms with Crippen LogP contribution < -0.4 is 36.0 Å². The average molecular weight is 1210 g/mol. The van der Waals surface area contributed by atoms with E-state index in [1.165, 1.54) is 109 Å². The predicted molar refractivity (Wildman–Crippen MR) is 390 cm³/mol. The van der Waals surface area contributed by atoms with Crippen LogP contribution in [0.25, 0.3) is 66.1 Å². The third-order valence-electron chi connectivity index (χ3n) is 24.1. The van der Waals surface area contributed by atoms with Crippen LogP contribution >= 0.6 is 0 Å². The summed E-state index contributed by atoms with van der Waals surface area (Å²) in [5, 5.41) is 4.42.